The van der Waals surface area contributed by atoms with E-state index in [0.717, 1.165) is 5.69 Å². The van der Waals surface area contributed by atoms with Gasteiger partial charge in [0.1, 0.15) is 5.82 Å². The highest BCUT2D eigenvalue weighted by atomic mass is 32.2. The van der Waals surface area contributed by atoms with Crippen LogP contribution in [-0.2, 0) is 39.5 Å². The van der Waals surface area contributed by atoms with Crippen LogP contribution in [0, 0.1) is 5.82 Å². The van der Waals surface area contributed by atoms with E-state index in [0.29, 0.717) is 22.4 Å². The summed E-state index contributed by atoms with van der Waals surface area (Å²) in [6.07, 6.45) is -0.0330. The minimum absolute atomic E-state index is 0.118. The molecule has 0 amide bonds. The van der Waals surface area contributed by atoms with Gasteiger partial charge in [0.25, 0.3) is 0 Å². The van der Waals surface area contributed by atoms with Crippen molar-refractivity contribution in [2.75, 3.05) is 5.75 Å². The van der Waals surface area contributed by atoms with Crippen molar-refractivity contribution in [1.82, 2.24) is 9.45 Å². The molecule has 0 atom stereocenters. The number of carbonyl (C=O) groups is 2. The van der Waals surface area contributed by atoms with Crippen LogP contribution in [0.5, 0.6) is 0 Å². The molecule has 0 spiro atoms. The van der Waals surface area contributed by atoms with Gasteiger partial charge < -0.3 is 9.40 Å². The number of halogens is 1. The van der Waals surface area contributed by atoms with Crippen LogP contribution in [0.25, 0.3) is 0 Å². The predicted molar refractivity (Wildman–Crippen MR) is 117 cm³/mol. The Kier molecular flexibility index (Phi) is 7.22. The summed E-state index contributed by atoms with van der Waals surface area (Å²) in [5, 5.41) is 0. The fourth-order valence-electron chi connectivity index (χ4n) is 3.11. The summed E-state index contributed by atoms with van der Waals surface area (Å²) in [7, 11) is -1.92. The van der Waals surface area contributed by atoms with Crippen LogP contribution >= 0.6 is 0 Å². The number of aromatic nitrogens is 1. The van der Waals surface area contributed by atoms with E-state index in [1.165, 1.54) is 13.0 Å². The lowest BCUT2D eigenvalue weighted by atomic mass is 10.0. The summed E-state index contributed by atoms with van der Waals surface area (Å²) < 4.78 is 39.0. The second-order valence-electron chi connectivity index (χ2n) is 7.20. The molecule has 0 unspecified atom stereocenters. The zero-order valence-electron chi connectivity index (χ0n) is 17.7. The zero-order valence-corrected chi connectivity index (χ0v) is 18.5. The maximum Gasteiger partial charge on any atom is 0.330 e. The first kappa shape index (κ1) is 23.4. The van der Waals surface area contributed by atoms with Crippen LogP contribution < -0.4 is 4.89 Å². The van der Waals surface area contributed by atoms with Gasteiger partial charge in [-0.2, -0.15) is 0 Å². The van der Waals surface area contributed by atoms with Crippen molar-refractivity contribution in [3.8, 4) is 0 Å². The van der Waals surface area contributed by atoms with Crippen LogP contribution in [0.4, 0.5) is 4.39 Å². The van der Waals surface area contributed by atoms with Crippen LogP contribution in [0.2, 0.25) is 0 Å². The highest BCUT2D eigenvalue weighted by Gasteiger charge is 2.16. The maximum atomic E-state index is 14.6. The van der Waals surface area contributed by atoms with Gasteiger partial charge in [0.15, 0.2) is 0 Å². The lowest BCUT2D eigenvalue weighted by Crippen LogP contribution is -2.29. The Hall–Kier alpha value is -3.30. The van der Waals surface area contributed by atoms with E-state index in [2.05, 4.69) is 4.84 Å². The molecule has 1 heterocycles. The third-order valence-electron chi connectivity index (χ3n) is 4.99. The highest BCUT2D eigenvalue weighted by Crippen LogP contribution is 2.19. The summed E-state index contributed by atoms with van der Waals surface area (Å²) in [4.78, 5) is 30.7. The number of benzene rings is 2. The number of rotatable bonds is 9. The van der Waals surface area contributed by atoms with E-state index in [1.807, 2.05) is 6.07 Å². The molecule has 32 heavy (non-hydrogen) atoms. The zero-order chi connectivity index (χ0) is 23.3. The number of nitrogens with zero attached hydrogens (tertiary/aromatic N) is 1. The highest BCUT2D eigenvalue weighted by molar-refractivity contribution is 7.89. The molecular formula is C23H23FN2O5S. The lowest BCUT2D eigenvalue weighted by Gasteiger charge is -2.10. The van der Waals surface area contributed by atoms with Gasteiger partial charge >= 0.3 is 5.97 Å². The molecule has 0 aliphatic carbocycles. The monoisotopic (exact) mass is 458 g/mol. The quantitative estimate of drug-likeness (QED) is 0.393. The first-order valence-electron chi connectivity index (χ1n) is 9.91. The number of sulfonamides is 1. The van der Waals surface area contributed by atoms with Crippen molar-refractivity contribution < 1.29 is 27.2 Å². The second-order valence-corrected chi connectivity index (χ2v) is 9.18. The number of carbonyl (C=O) groups excluding carboxylic acids is 2. The number of hydrogen-bond acceptors (Lipinski definition) is 5. The predicted octanol–water partition coefficient (Wildman–Crippen LogP) is 2.93. The summed E-state index contributed by atoms with van der Waals surface area (Å²) >= 11 is 0. The molecular weight excluding hydrogens is 435 g/mol. The molecule has 0 aliphatic heterocycles. The Bertz CT molecular complexity index is 1240. The van der Waals surface area contributed by atoms with Gasteiger partial charge in [-0.3, -0.25) is 4.79 Å². The van der Waals surface area contributed by atoms with E-state index >= 15 is 0 Å². The van der Waals surface area contributed by atoms with Crippen molar-refractivity contribution in [3.63, 3.8) is 0 Å². The molecule has 0 radical (unpaired) electrons. The Morgan fingerprint density at radius 2 is 1.78 bits per heavy atom. The molecule has 0 saturated carbocycles. The molecule has 0 saturated heterocycles. The third-order valence-corrected chi connectivity index (χ3v) is 6.09. The summed E-state index contributed by atoms with van der Waals surface area (Å²) in [6.45, 7) is 1.40. The topological polar surface area (TPSA) is 94.5 Å². The van der Waals surface area contributed by atoms with Crippen molar-refractivity contribution in [2.45, 2.75) is 19.8 Å². The van der Waals surface area contributed by atoms with Crippen LogP contribution in [0.1, 0.15) is 39.8 Å². The standard InChI is InChI=1S/C23H23FN2O5S/c1-3-32(29,30)25-31-22(27)14-16-9-10-18(20(24)13-16)15-19-11-12-21(26(19)2)23(28)17-7-5-4-6-8-17/h4-13,25H,3,14-15H2,1-2H3. The molecule has 168 valence electrons. The minimum Gasteiger partial charge on any atom is -0.356 e. The molecule has 9 heteroatoms. The number of hydrogen-bond donors (Lipinski definition) is 1. The van der Waals surface area contributed by atoms with E-state index in [9.17, 15) is 22.4 Å². The minimum atomic E-state index is -3.68. The van der Waals surface area contributed by atoms with Crippen LogP contribution in [-0.4, -0.2) is 30.5 Å². The fraction of sp³-hybridized carbons (Fsp3) is 0.217. The van der Waals surface area contributed by atoms with E-state index in [1.54, 1.807) is 65.0 Å². The normalized spacial score (nSPS) is 11.3. The van der Waals surface area contributed by atoms with Crippen molar-refractivity contribution in [1.29, 1.82) is 0 Å². The molecule has 2 aromatic carbocycles. The van der Waals surface area contributed by atoms with Crippen molar-refractivity contribution >= 4 is 21.8 Å². The maximum absolute atomic E-state index is 14.6. The Labute approximate surface area is 185 Å². The Balaban J connectivity index is 1.68. The first-order chi connectivity index (χ1) is 15.2. The molecule has 0 aliphatic rings. The summed E-state index contributed by atoms with van der Waals surface area (Å²) in [5.41, 5.74) is 2.57. The molecule has 7 nitrogen and oxygen atoms in total. The molecule has 3 rings (SSSR count). The van der Waals surface area contributed by atoms with Crippen molar-refractivity contribution in [3.05, 3.63) is 94.6 Å². The van der Waals surface area contributed by atoms with Gasteiger partial charge in [0.05, 0.1) is 17.9 Å². The van der Waals surface area contributed by atoms with Crippen LogP contribution in [0.3, 0.4) is 0 Å². The van der Waals surface area contributed by atoms with Gasteiger partial charge in [-0.1, -0.05) is 42.5 Å². The Morgan fingerprint density at radius 1 is 1.06 bits per heavy atom. The third kappa shape index (κ3) is 5.68. The van der Waals surface area contributed by atoms with Gasteiger partial charge in [-0.15, -0.1) is 0 Å². The van der Waals surface area contributed by atoms with Crippen molar-refractivity contribution in [2.24, 2.45) is 7.05 Å². The average Bonchev–Trinajstić information content (AvgIpc) is 3.14. The van der Waals surface area contributed by atoms with Crippen LogP contribution in [0.15, 0.2) is 60.7 Å². The Morgan fingerprint density at radius 3 is 2.44 bits per heavy atom. The SMILES string of the molecule is CCS(=O)(=O)NOC(=O)Cc1ccc(Cc2ccc(C(=O)c3ccccc3)n2C)c(F)c1. The van der Waals surface area contributed by atoms with E-state index in [-0.39, 0.29) is 24.4 Å². The van der Waals surface area contributed by atoms with Gasteiger partial charge in [-0.25, -0.2) is 17.6 Å². The largest absolute Gasteiger partial charge is 0.356 e. The van der Waals surface area contributed by atoms with E-state index < -0.39 is 21.8 Å². The summed E-state index contributed by atoms with van der Waals surface area (Å²) in [5.74, 6) is -1.71. The number of ketones is 1. The van der Waals surface area contributed by atoms with Gasteiger partial charge in [-0.05, 0) is 41.1 Å². The van der Waals surface area contributed by atoms with Gasteiger partial charge in [0.2, 0.25) is 15.8 Å². The second kappa shape index (κ2) is 9.88. The lowest BCUT2D eigenvalue weighted by molar-refractivity contribution is -0.146. The van der Waals surface area contributed by atoms with E-state index in [4.69, 9.17) is 0 Å². The number of nitrogens with one attached hydrogen (secondary N) is 1. The molecule has 0 fully saturated rings. The molecule has 3 aromatic rings. The molecule has 1 N–H and O–H groups in total. The fourth-order valence-corrected chi connectivity index (χ4v) is 3.45. The average molecular weight is 459 g/mol. The molecule has 1 aromatic heterocycles. The summed E-state index contributed by atoms with van der Waals surface area (Å²) in [6, 6.07) is 16.7. The molecule has 0 bridgehead atoms. The smallest absolute Gasteiger partial charge is 0.330 e. The van der Waals surface area contributed by atoms with Gasteiger partial charge in [0, 0.05) is 24.7 Å². The first-order valence-corrected chi connectivity index (χ1v) is 11.6.